The number of anilines is 1. The van der Waals surface area contributed by atoms with Crippen LogP contribution in [0.2, 0.25) is 0 Å². The zero-order valence-corrected chi connectivity index (χ0v) is 17.6. The number of nitrogens with two attached hydrogens (primary N) is 1. The molecule has 0 aliphatic rings. The Kier molecular flexibility index (Phi) is 6.68. The maximum absolute atomic E-state index is 12.6. The normalized spacial score (nSPS) is 12.4. The lowest BCUT2D eigenvalue weighted by molar-refractivity contribution is -0.384. The summed E-state index contributed by atoms with van der Waals surface area (Å²) in [6.45, 7) is 0.127. The summed E-state index contributed by atoms with van der Waals surface area (Å²) in [5, 5.41) is 10.7. The van der Waals surface area contributed by atoms with Crippen molar-refractivity contribution in [2.45, 2.75) is 17.6 Å². The summed E-state index contributed by atoms with van der Waals surface area (Å²) in [7, 11) is -3.94. The lowest BCUT2D eigenvalue weighted by atomic mass is 10.1. The fourth-order valence-electron chi connectivity index (χ4n) is 2.74. The van der Waals surface area contributed by atoms with E-state index in [1.807, 2.05) is 0 Å². The topological polar surface area (TPSA) is 128 Å². The van der Waals surface area contributed by atoms with E-state index >= 15 is 0 Å². The summed E-state index contributed by atoms with van der Waals surface area (Å²) in [4.78, 5) is 14.1. The van der Waals surface area contributed by atoms with Crippen LogP contribution >= 0.6 is 0 Å². The Balaban J connectivity index is 1.65. The standard InChI is InChI=1S/C21H17F3N4O4S/c22-21(23,24)16-5-3-15(4-6-16)20(25)26-13-14-1-7-17(8-2-14)27-33(31,32)19-11-9-18(10-12-19)28(29)30/h1-12,27H,13H2,(H2,25,26). The van der Waals surface area contributed by atoms with Crippen molar-refractivity contribution in [3.8, 4) is 0 Å². The number of hydrogen-bond donors (Lipinski definition) is 2. The number of amidine groups is 1. The molecule has 8 nitrogen and oxygen atoms in total. The van der Waals surface area contributed by atoms with E-state index in [1.165, 1.54) is 24.3 Å². The number of nitro groups is 1. The Hall–Kier alpha value is -3.93. The van der Waals surface area contributed by atoms with Crippen LogP contribution in [-0.4, -0.2) is 19.2 Å². The van der Waals surface area contributed by atoms with Crippen molar-refractivity contribution >= 4 is 27.2 Å². The van der Waals surface area contributed by atoms with Gasteiger partial charge >= 0.3 is 6.18 Å². The Morgan fingerprint density at radius 1 is 0.970 bits per heavy atom. The number of nitro benzene ring substituents is 1. The quantitative estimate of drug-likeness (QED) is 0.226. The van der Waals surface area contributed by atoms with Gasteiger partial charge < -0.3 is 5.73 Å². The average Bonchev–Trinajstić information content (AvgIpc) is 2.77. The van der Waals surface area contributed by atoms with Gasteiger partial charge in [0.15, 0.2) is 0 Å². The first kappa shape index (κ1) is 23.7. The average molecular weight is 478 g/mol. The number of nitrogens with zero attached hydrogens (tertiary/aromatic N) is 2. The largest absolute Gasteiger partial charge is 0.416 e. The second kappa shape index (κ2) is 9.28. The van der Waals surface area contributed by atoms with E-state index in [1.54, 1.807) is 12.1 Å². The number of non-ortho nitro benzene ring substituents is 1. The maximum atomic E-state index is 12.6. The lowest BCUT2D eigenvalue weighted by Crippen LogP contribution is -2.14. The predicted molar refractivity (Wildman–Crippen MR) is 116 cm³/mol. The fourth-order valence-corrected chi connectivity index (χ4v) is 3.80. The summed E-state index contributed by atoms with van der Waals surface area (Å²) < 4.78 is 65.2. The van der Waals surface area contributed by atoms with Crippen LogP contribution < -0.4 is 10.5 Å². The van der Waals surface area contributed by atoms with E-state index in [0.29, 0.717) is 11.1 Å². The number of rotatable bonds is 7. The molecule has 0 radical (unpaired) electrons. The van der Waals surface area contributed by atoms with Gasteiger partial charge in [-0.1, -0.05) is 24.3 Å². The van der Waals surface area contributed by atoms with Crippen molar-refractivity contribution in [1.82, 2.24) is 0 Å². The predicted octanol–water partition coefficient (Wildman–Crippen LogP) is 4.32. The molecule has 3 rings (SSSR count). The van der Waals surface area contributed by atoms with Crippen LogP contribution in [0.5, 0.6) is 0 Å². The van der Waals surface area contributed by atoms with Crippen molar-refractivity contribution in [3.05, 3.63) is 99.6 Å². The number of sulfonamides is 1. The third-order valence-corrected chi connectivity index (χ3v) is 5.90. The molecular weight excluding hydrogens is 461 g/mol. The molecule has 3 aromatic rings. The first-order valence-electron chi connectivity index (χ1n) is 9.29. The molecule has 33 heavy (non-hydrogen) atoms. The highest BCUT2D eigenvalue weighted by atomic mass is 32.2. The molecule has 0 saturated heterocycles. The molecule has 0 heterocycles. The van der Waals surface area contributed by atoms with Crippen molar-refractivity contribution in [2.75, 3.05) is 4.72 Å². The van der Waals surface area contributed by atoms with Gasteiger partial charge in [0.05, 0.1) is 21.9 Å². The van der Waals surface area contributed by atoms with Gasteiger partial charge in [0.2, 0.25) is 0 Å². The van der Waals surface area contributed by atoms with E-state index < -0.39 is 26.7 Å². The molecule has 0 fully saturated rings. The summed E-state index contributed by atoms with van der Waals surface area (Å²) >= 11 is 0. The summed E-state index contributed by atoms with van der Waals surface area (Å²) in [5.41, 5.74) is 6.12. The van der Waals surface area contributed by atoms with Crippen LogP contribution in [0, 0.1) is 10.1 Å². The van der Waals surface area contributed by atoms with E-state index in [4.69, 9.17) is 5.73 Å². The molecule has 0 bridgehead atoms. The molecule has 0 aromatic heterocycles. The van der Waals surface area contributed by atoms with Crippen LogP contribution in [0.15, 0.2) is 82.7 Å². The number of benzene rings is 3. The second-order valence-corrected chi connectivity index (χ2v) is 8.51. The molecule has 0 saturated carbocycles. The Labute approximate surface area is 186 Å². The zero-order valence-electron chi connectivity index (χ0n) is 16.8. The van der Waals surface area contributed by atoms with Crippen molar-refractivity contribution in [1.29, 1.82) is 0 Å². The first-order valence-corrected chi connectivity index (χ1v) is 10.8. The van der Waals surface area contributed by atoms with Gasteiger partial charge in [0.1, 0.15) is 5.84 Å². The molecule has 172 valence electrons. The van der Waals surface area contributed by atoms with Crippen LogP contribution in [0.4, 0.5) is 24.5 Å². The Morgan fingerprint density at radius 2 is 1.55 bits per heavy atom. The Morgan fingerprint density at radius 3 is 2.06 bits per heavy atom. The van der Waals surface area contributed by atoms with Crippen LogP contribution in [0.1, 0.15) is 16.7 Å². The Bertz CT molecular complexity index is 1270. The van der Waals surface area contributed by atoms with E-state index in [-0.39, 0.29) is 28.7 Å². The third kappa shape index (κ3) is 6.07. The molecule has 3 aromatic carbocycles. The van der Waals surface area contributed by atoms with Gasteiger partial charge in [-0.3, -0.25) is 19.8 Å². The van der Waals surface area contributed by atoms with Gasteiger partial charge in [-0.25, -0.2) is 8.42 Å². The minimum atomic E-state index is -4.44. The van der Waals surface area contributed by atoms with Crippen LogP contribution in [0.3, 0.4) is 0 Å². The fraction of sp³-hybridized carbons (Fsp3) is 0.0952. The number of nitrogens with one attached hydrogen (secondary N) is 1. The van der Waals surface area contributed by atoms with Crippen molar-refractivity contribution in [2.24, 2.45) is 10.7 Å². The highest BCUT2D eigenvalue weighted by Crippen LogP contribution is 2.29. The first-order chi connectivity index (χ1) is 15.5. The molecule has 0 aliphatic carbocycles. The molecule has 0 atom stereocenters. The summed E-state index contributed by atoms with van der Waals surface area (Å²) in [5.74, 6) is 0.0617. The SMILES string of the molecule is NC(=NCc1ccc(NS(=O)(=O)c2ccc([N+](=O)[O-])cc2)cc1)c1ccc(C(F)(F)F)cc1. The van der Waals surface area contributed by atoms with Gasteiger partial charge in [0, 0.05) is 23.4 Å². The number of aliphatic imine (C=N–C) groups is 1. The highest BCUT2D eigenvalue weighted by Gasteiger charge is 2.30. The lowest BCUT2D eigenvalue weighted by Gasteiger charge is -2.09. The summed E-state index contributed by atoms with van der Waals surface area (Å²) in [6.07, 6.45) is -4.44. The summed E-state index contributed by atoms with van der Waals surface area (Å²) in [6, 6.07) is 15.0. The molecular formula is C21H17F3N4O4S. The zero-order chi connectivity index (χ0) is 24.2. The van der Waals surface area contributed by atoms with Crippen LogP contribution in [-0.2, 0) is 22.7 Å². The van der Waals surface area contributed by atoms with Crippen molar-refractivity contribution < 1.29 is 26.5 Å². The minimum absolute atomic E-state index is 0.0617. The van der Waals surface area contributed by atoms with Crippen LogP contribution in [0.25, 0.3) is 0 Å². The van der Waals surface area contributed by atoms with E-state index in [0.717, 1.165) is 36.4 Å². The minimum Gasteiger partial charge on any atom is -0.383 e. The molecule has 0 amide bonds. The maximum Gasteiger partial charge on any atom is 0.416 e. The third-order valence-electron chi connectivity index (χ3n) is 4.50. The van der Waals surface area contributed by atoms with Gasteiger partial charge in [0.25, 0.3) is 15.7 Å². The van der Waals surface area contributed by atoms with Crippen molar-refractivity contribution in [3.63, 3.8) is 0 Å². The monoisotopic (exact) mass is 478 g/mol. The smallest absolute Gasteiger partial charge is 0.383 e. The van der Waals surface area contributed by atoms with Gasteiger partial charge in [-0.15, -0.1) is 0 Å². The van der Waals surface area contributed by atoms with E-state index in [2.05, 4.69) is 9.71 Å². The molecule has 12 heteroatoms. The number of hydrogen-bond acceptors (Lipinski definition) is 5. The second-order valence-electron chi connectivity index (χ2n) is 6.83. The number of halogens is 3. The molecule has 0 spiro atoms. The van der Waals surface area contributed by atoms with E-state index in [9.17, 15) is 31.7 Å². The molecule has 0 unspecified atom stereocenters. The van der Waals surface area contributed by atoms with Gasteiger partial charge in [-0.05, 0) is 42.0 Å². The van der Waals surface area contributed by atoms with Gasteiger partial charge in [-0.2, -0.15) is 13.2 Å². The number of alkyl halides is 3. The highest BCUT2D eigenvalue weighted by molar-refractivity contribution is 7.92. The molecule has 3 N–H and O–H groups in total. The molecule has 0 aliphatic heterocycles.